The Labute approximate surface area is 98.5 Å². The number of rotatable bonds is 5. The van der Waals surface area contributed by atoms with E-state index in [1.54, 1.807) is 19.5 Å². The van der Waals surface area contributed by atoms with Crippen LogP contribution in [0.15, 0.2) is 6.20 Å². The van der Waals surface area contributed by atoms with E-state index in [9.17, 15) is 4.21 Å². The minimum absolute atomic E-state index is 0.129. The summed E-state index contributed by atoms with van der Waals surface area (Å²) in [6.07, 6.45) is 3.46. The van der Waals surface area contributed by atoms with Crippen LogP contribution < -0.4 is 10.6 Å². The van der Waals surface area contributed by atoms with Gasteiger partial charge in [0.1, 0.15) is 5.82 Å². The van der Waals surface area contributed by atoms with E-state index in [0.29, 0.717) is 11.7 Å². The average Bonchev–Trinajstić information content (AvgIpc) is 2.20. The first-order valence-electron chi connectivity index (χ1n) is 5.11. The summed E-state index contributed by atoms with van der Waals surface area (Å²) in [4.78, 5) is 8.41. The van der Waals surface area contributed by atoms with Gasteiger partial charge in [0.25, 0.3) is 0 Å². The zero-order chi connectivity index (χ0) is 12.1. The minimum atomic E-state index is -0.805. The average molecular weight is 242 g/mol. The Morgan fingerprint density at radius 3 is 2.81 bits per heavy atom. The fourth-order valence-electron chi connectivity index (χ4n) is 1.34. The highest BCUT2D eigenvalue weighted by Gasteiger charge is 2.08. The lowest BCUT2D eigenvalue weighted by Crippen LogP contribution is -2.23. The molecule has 1 aromatic heterocycles. The van der Waals surface area contributed by atoms with Crippen molar-refractivity contribution in [3.63, 3.8) is 0 Å². The lowest BCUT2D eigenvalue weighted by atomic mass is 10.3. The van der Waals surface area contributed by atoms with E-state index in [2.05, 4.69) is 20.6 Å². The first kappa shape index (κ1) is 12.9. The summed E-state index contributed by atoms with van der Waals surface area (Å²) >= 11 is 0. The molecule has 2 unspecified atom stereocenters. The third-order valence-corrected chi connectivity index (χ3v) is 3.03. The molecular formula is C10H18N4OS. The second-order valence-electron chi connectivity index (χ2n) is 3.76. The van der Waals surface area contributed by atoms with E-state index in [-0.39, 0.29) is 6.04 Å². The quantitative estimate of drug-likeness (QED) is 0.806. The molecule has 0 bridgehead atoms. The van der Waals surface area contributed by atoms with Gasteiger partial charge >= 0.3 is 0 Å². The molecule has 0 aromatic carbocycles. The van der Waals surface area contributed by atoms with Gasteiger partial charge in [-0.2, -0.15) is 4.98 Å². The number of nitrogens with one attached hydrogen (secondary N) is 2. The van der Waals surface area contributed by atoms with Crippen LogP contribution in [0.25, 0.3) is 0 Å². The number of hydrogen-bond acceptors (Lipinski definition) is 5. The Balaban J connectivity index is 2.75. The first-order chi connectivity index (χ1) is 7.52. The van der Waals surface area contributed by atoms with Crippen LogP contribution in [-0.2, 0) is 10.8 Å². The summed E-state index contributed by atoms with van der Waals surface area (Å²) < 4.78 is 11.1. The summed E-state index contributed by atoms with van der Waals surface area (Å²) in [6.45, 7) is 3.93. The highest BCUT2D eigenvalue weighted by Crippen LogP contribution is 2.13. The second kappa shape index (κ2) is 5.79. The molecule has 16 heavy (non-hydrogen) atoms. The lowest BCUT2D eigenvalue weighted by Gasteiger charge is -2.15. The second-order valence-corrected chi connectivity index (χ2v) is 5.24. The Hall–Kier alpha value is -1.17. The largest absolute Gasteiger partial charge is 0.366 e. The lowest BCUT2D eigenvalue weighted by molar-refractivity contribution is 0.682. The zero-order valence-corrected chi connectivity index (χ0v) is 10.9. The number of anilines is 2. The van der Waals surface area contributed by atoms with Gasteiger partial charge in [-0.3, -0.25) is 4.21 Å². The van der Waals surface area contributed by atoms with Gasteiger partial charge in [0.2, 0.25) is 5.95 Å². The number of nitrogens with zero attached hydrogens (tertiary/aromatic N) is 2. The molecule has 1 heterocycles. The van der Waals surface area contributed by atoms with Gasteiger partial charge in [-0.25, -0.2) is 4.98 Å². The van der Waals surface area contributed by atoms with E-state index in [1.165, 1.54) is 0 Å². The summed E-state index contributed by atoms with van der Waals surface area (Å²) in [7, 11) is 0.972. The molecule has 2 atom stereocenters. The van der Waals surface area contributed by atoms with Gasteiger partial charge in [0, 0.05) is 47.7 Å². The van der Waals surface area contributed by atoms with E-state index in [0.717, 1.165) is 11.4 Å². The Bertz CT molecular complexity index is 383. The molecule has 0 radical (unpaired) electrons. The van der Waals surface area contributed by atoms with Gasteiger partial charge in [0.05, 0.1) is 0 Å². The van der Waals surface area contributed by atoms with Crippen molar-refractivity contribution in [2.45, 2.75) is 19.9 Å². The van der Waals surface area contributed by atoms with Crippen molar-refractivity contribution in [1.82, 2.24) is 9.97 Å². The van der Waals surface area contributed by atoms with E-state index in [1.807, 2.05) is 13.8 Å². The maximum atomic E-state index is 11.1. The van der Waals surface area contributed by atoms with Crippen LogP contribution in [0.4, 0.5) is 11.8 Å². The maximum absolute atomic E-state index is 11.1. The van der Waals surface area contributed by atoms with Crippen LogP contribution in [0.1, 0.15) is 12.5 Å². The summed E-state index contributed by atoms with van der Waals surface area (Å²) in [5.74, 6) is 1.98. The van der Waals surface area contributed by atoms with E-state index < -0.39 is 10.8 Å². The molecule has 1 aromatic rings. The van der Waals surface area contributed by atoms with Crippen LogP contribution in [-0.4, -0.2) is 39.3 Å². The number of hydrogen-bond donors (Lipinski definition) is 2. The molecule has 1 rings (SSSR count). The van der Waals surface area contributed by atoms with E-state index in [4.69, 9.17) is 0 Å². The molecule has 0 aliphatic carbocycles. The van der Waals surface area contributed by atoms with Gasteiger partial charge in [0.15, 0.2) is 0 Å². The summed E-state index contributed by atoms with van der Waals surface area (Å²) in [5, 5.41) is 6.12. The van der Waals surface area contributed by atoms with Crippen LogP contribution >= 0.6 is 0 Å². The molecule has 0 aliphatic rings. The molecule has 90 valence electrons. The highest BCUT2D eigenvalue weighted by molar-refractivity contribution is 7.84. The molecule has 0 spiro atoms. The topological polar surface area (TPSA) is 66.9 Å². The molecule has 0 saturated heterocycles. The van der Waals surface area contributed by atoms with Gasteiger partial charge in [-0.05, 0) is 13.8 Å². The van der Waals surface area contributed by atoms with Crippen molar-refractivity contribution in [2.24, 2.45) is 0 Å². The fraction of sp³-hybridized carbons (Fsp3) is 0.600. The van der Waals surface area contributed by atoms with Crippen molar-refractivity contribution < 1.29 is 4.21 Å². The normalized spacial score (nSPS) is 14.2. The SMILES string of the molecule is CNc1ncc(C)c(NC(C)CS(C)=O)n1. The molecule has 0 aliphatic heterocycles. The van der Waals surface area contributed by atoms with Crippen molar-refractivity contribution in [3.8, 4) is 0 Å². The maximum Gasteiger partial charge on any atom is 0.224 e. The smallest absolute Gasteiger partial charge is 0.224 e. The van der Waals surface area contributed by atoms with Crippen LogP contribution in [0.3, 0.4) is 0 Å². The Kier molecular flexibility index (Phi) is 4.67. The fourth-order valence-corrected chi connectivity index (χ4v) is 2.12. The van der Waals surface area contributed by atoms with Crippen molar-refractivity contribution in [2.75, 3.05) is 29.7 Å². The predicted molar refractivity (Wildman–Crippen MR) is 68.3 cm³/mol. The van der Waals surface area contributed by atoms with Crippen molar-refractivity contribution in [1.29, 1.82) is 0 Å². The molecule has 0 fully saturated rings. The van der Waals surface area contributed by atoms with Gasteiger partial charge in [-0.1, -0.05) is 0 Å². The Morgan fingerprint density at radius 2 is 2.25 bits per heavy atom. The summed E-state index contributed by atoms with van der Waals surface area (Å²) in [6, 6.07) is 0.129. The monoisotopic (exact) mass is 242 g/mol. The standard InChI is InChI=1S/C10H18N4OS/c1-7-5-12-10(11-3)14-9(7)13-8(2)6-16(4)15/h5,8H,6H2,1-4H3,(H2,11,12,13,14). The third kappa shape index (κ3) is 3.77. The molecule has 5 nitrogen and oxygen atoms in total. The molecular weight excluding hydrogens is 224 g/mol. The molecule has 6 heteroatoms. The third-order valence-electron chi connectivity index (χ3n) is 2.06. The molecule has 0 amide bonds. The number of aryl methyl sites for hydroxylation is 1. The number of aromatic nitrogens is 2. The Morgan fingerprint density at radius 1 is 1.56 bits per heavy atom. The summed E-state index contributed by atoms with van der Waals surface area (Å²) in [5.41, 5.74) is 0.979. The van der Waals surface area contributed by atoms with Crippen molar-refractivity contribution in [3.05, 3.63) is 11.8 Å². The minimum Gasteiger partial charge on any atom is -0.366 e. The predicted octanol–water partition coefficient (Wildman–Crippen LogP) is 1.01. The first-order valence-corrected chi connectivity index (χ1v) is 6.83. The van der Waals surface area contributed by atoms with Crippen LogP contribution in [0.2, 0.25) is 0 Å². The van der Waals surface area contributed by atoms with Gasteiger partial charge < -0.3 is 10.6 Å². The van der Waals surface area contributed by atoms with Crippen LogP contribution in [0, 0.1) is 6.92 Å². The molecule has 0 saturated carbocycles. The van der Waals surface area contributed by atoms with Crippen LogP contribution in [0.5, 0.6) is 0 Å². The highest BCUT2D eigenvalue weighted by atomic mass is 32.2. The zero-order valence-electron chi connectivity index (χ0n) is 10.1. The van der Waals surface area contributed by atoms with Gasteiger partial charge in [-0.15, -0.1) is 0 Å². The van der Waals surface area contributed by atoms with E-state index >= 15 is 0 Å². The molecule has 2 N–H and O–H groups in total. The van der Waals surface area contributed by atoms with Crippen molar-refractivity contribution >= 4 is 22.6 Å².